The Hall–Kier alpha value is -3.93. The van der Waals surface area contributed by atoms with Gasteiger partial charge in [0.15, 0.2) is 6.10 Å². The number of allylic oxidation sites excluding steroid dienone is 18. The average Bonchev–Trinajstić information content (AvgIpc) is 3.45. The van der Waals surface area contributed by atoms with Crippen molar-refractivity contribution in [2.24, 2.45) is 0 Å². The second kappa shape index (κ2) is 66.6. The van der Waals surface area contributed by atoms with Crippen LogP contribution in [-0.4, -0.2) is 37.2 Å². The summed E-state index contributed by atoms with van der Waals surface area (Å²) in [5, 5.41) is 0. The van der Waals surface area contributed by atoms with Crippen molar-refractivity contribution in [3.63, 3.8) is 0 Å². The first-order valence-corrected chi connectivity index (χ1v) is 33.4. The molecular weight excluding hydrogens is 973 g/mol. The standard InChI is InChI=1S/C73H124O6/c1-4-7-10-13-16-19-22-25-28-30-31-32-33-34-35-36-37-38-39-40-41-43-45-48-51-54-57-60-63-66-72(75)78-69-70(68-77-71(74)65-62-59-56-53-50-47-44-27-24-21-18-15-12-9-6-3)79-73(76)67-64-61-58-55-52-49-46-42-29-26-23-20-17-14-11-8-5-2/h8,11,17-18,20-22,25-27,29-31,44,46,49,55,58,70H,4-7,9-10,12-16,19,23-24,28,32-43,45,47-48,50-54,56-57,59-69H2,1-3H3/b11-8-,20-17-,21-18-,25-22-,29-26-,31-30-,44-27-,49-46-,58-55-. The highest BCUT2D eigenvalue weighted by atomic mass is 16.6. The minimum atomic E-state index is -0.816. The van der Waals surface area contributed by atoms with E-state index >= 15 is 0 Å². The number of hydrogen-bond donors (Lipinski definition) is 0. The van der Waals surface area contributed by atoms with Gasteiger partial charge in [0.25, 0.3) is 0 Å². The van der Waals surface area contributed by atoms with Crippen molar-refractivity contribution >= 4 is 17.9 Å². The molecule has 1 unspecified atom stereocenters. The molecule has 0 heterocycles. The molecule has 6 nitrogen and oxygen atoms in total. The molecule has 0 bridgehead atoms. The number of unbranched alkanes of at least 4 members (excludes halogenated alkanes) is 31. The van der Waals surface area contributed by atoms with E-state index in [1.165, 1.54) is 161 Å². The average molecular weight is 1100 g/mol. The number of esters is 3. The molecule has 0 aliphatic rings. The number of carbonyl (C=O) groups excluding carboxylic acids is 3. The first kappa shape index (κ1) is 75.1. The Kier molecular flexibility index (Phi) is 63.3. The minimum absolute atomic E-state index is 0.105. The summed E-state index contributed by atoms with van der Waals surface area (Å²) in [5.41, 5.74) is 0. The summed E-state index contributed by atoms with van der Waals surface area (Å²) in [6.45, 7) is 6.45. The molecule has 1 atom stereocenters. The van der Waals surface area contributed by atoms with Crippen LogP contribution >= 0.6 is 0 Å². The fourth-order valence-electron chi connectivity index (χ4n) is 9.25. The normalized spacial score (nSPS) is 12.8. The van der Waals surface area contributed by atoms with E-state index in [2.05, 4.69) is 130 Å². The van der Waals surface area contributed by atoms with Crippen LogP contribution in [0.15, 0.2) is 109 Å². The van der Waals surface area contributed by atoms with Gasteiger partial charge in [-0.3, -0.25) is 14.4 Å². The highest BCUT2D eigenvalue weighted by Crippen LogP contribution is 2.16. The highest BCUT2D eigenvalue weighted by Gasteiger charge is 2.19. The van der Waals surface area contributed by atoms with Crippen LogP contribution in [0.5, 0.6) is 0 Å². The lowest BCUT2D eigenvalue weighted by molar-refractivity contribution is -0.167. The van der Waals surface area contributed by atoms with Gasteiger partial charge in [-0.15, -0.1) is 0 Å². The SMILES string of the molecule is CC/C=C\C/C=C\C/C=C\C/C=C\C/C=C\CCCC(=O)OC(COC(=O)CCCCCCC/C=C\C/C=C\CCCCC)COC(=O)CCCCCCCCCCCCCCCCCCC/C=C\C/C=C\CCCCCCC. The molecule has 0 radical (unpaired) electrons. The first-order valence-electron chi connectivity index (χ1n) is 33.4. The zero-order valence-corrected chi connectivity index (χ0v) is 51.9. The summed E-state index contributed by atoms with van der Waals surface area (Å²) in [6, 6.07) is 0. The summed E-state index contributed by atoms with van der Waals surface area (Å²) >= 11 is 0. The van der Waals surface area contributed by atoms with Crippen LogP contribution in [-0.2, 0) is 28.6 Å². The molecule has 0 fully saturated rings. The Balaban J connectivity index is 4.32. The fourth-order valence-corrected chi connectivity index (χ4v) is 9.25. The maximum atomic E-state index is 12.9. The molecule has 452 valence electrons. The minimum Gasteiger partial charge on any atom is -0.462 e. The lowest BCUT2D eigenvalue weighted by Crippen LogP contribution is -2.30. The van der Waals surface area contributed by atoms with E-state index in [1.807, 2.05) is 0 Å². The molecule has 6 heteroatoms. The summed E-state index contributed by atoms with van der Waals surface area (Å²) < 4.78 is 16.9. The topological polar surface area (TPSA) is 78.9 Å². The summed E-state index contributed by atoms with van der Waals surface area (Å²) in [6.07, 6.45) is 91.2. The van der Waals surface area contributed by atoms with Gasteiger partial charge in [0.2, 0.25) is 0 Å². The Morgan fingerprint density at radius 3 is 0.835 bits per heavy atom. The van der Waals surface area contributed by atoms with Crippen LogP contribution < -0.4 is 0 Å². The number of ether oxygens (including phenoxy) is 3. The molecule has 0 N–H and O–H groups in total. The number of hydrogen-bond acceptors (Lipinski definition) is 6. The van der Waals surface area contributed by atoms with Crippen molar-refractivity contribution < 1.29 is 28.6 Å². The first-order chi connectivity index (χ1) is 39.0. The van der Waals surface area contributed by atoms with Crippen molar-refractivity contribution in [2.75, 3.05) is 13.2 Å². The van der Waals surface area contributed by atoms with Gasteiger partial charge < -0.3 is 14.2 Å². The van der Waals surface area contributed by atoms with Crippen LogP contribution in [0.4, 0.5) is 0 Å². The van der Waals surface area contributed by atoms with Gasteiger partial charge in [-0.2, -0.15) is 0 Å². The Morgan fingerprint density at radius 2 is 0.506 bits per heavy atom. The van der Waals surface area contributed by atoms with E-state index in [4.69, 9.17) is 14.2 Å². The lowest BCUT2D eigenvalue weighted by atomic mass is 10.0. The van der Waals surface area contributed by atoms with E-state index in [0.29, 0.717) is 19.3 Å². The molecule has 0 aromatic rings. The van der Waals surface area contributed by atoms with E-state index in [9.17, 15) is 14.4 Å². The second-order valence-electron chi connectivity index (χ2n) is 22.0. The Labute approximate surface area is 489 Å². The van der Waals surface area contributed by atoms with Crippen molar-refractivity contribution in [3.05, 3.63) is 109 Å². The lowest BCUT2D eigenvalue weighted by Gasteiger charge is -2.18. The smallest absolute Gasteiger partial charge is 0.306 e. The van der Waals surface area contributed by atoms with E-state index in [-0.39, 0.29) is 37.5 Å². The zero-order chi connectivity index (χ0) is 57.1. The molecule has 0 aliphatic carbocycles. The molecule has 0 saturated heterocycles. The predicted octanol–water partition coefficient (Wildman–Crippen LogP) is 23.0. The van der Waals surface area contributed by atoms with E-state index in [1.54, 1.807) is 0 Å². The second-order valence-corrected chi connectivity index (χ2v) is 22.0. The van der Waals surface area contributed by atoms with E-state index < -0.39 is 6.10 Å². The zero-order valence-electron chi connectivity index (χ0n) is 51.9. The molecule has 0 aliphatic heterocycles. The molecule has 79 heavy (non-hydrogen) atoms. The molecule has 0 amide bonds. The largest absolute Gasteiger partial charge is 0.462 e. The van der Waals surface area contributed by atoms with Crippen LogP contribution in [0, 0.1) is 0 Å². The third-order valence-corrected chi connectivity index (χ3v) is 14.2. The molecule has 0 saturated carbocycles. The Morgan fingerprint density at radius 1 is 0.266 bits per heavy atom. The van der Waals surface area contributed by atoms with Crippen LogP contribution in [0.25, 0.3) is 0 Å². The van der Waals surface area contributed by atoms with Crippen molar-refractivity contribution in [1.29, 1.82) is 0 Å². The third kappa shape index (κ3) is 64.8. The van der Waals surface area contributed by atoms with Crippen LogP contribution in [0.2, 0.25) is 0 Å². The molecule has 0 spiro atoms. The number of carbonyl (C=O) groups is 3. The third-order valence-electron chi connectivity index (χ3n) is 14.2. The predicted molar refractivity (Wildman–Crippen MR) is 343 cm³/mol. The van der Waals surface area contributed by atoms with Crippen molar-refractivity contribution in [1.82, 2.24) is 0 Å². The number of rotatable bonds is 60. The highest BCUT2D eigenvalue weighted by molar-refractivity contribution is 5.71. The van der Waals surface area contributed by atoms with Gasteiger partial charge in [0.1, 0.15) is 13.2 Å². The van der Waals surface area contributed by atoms with Gasteiger partial charge >= 0.3 is 17.9 Å². The Bertz CT molecular complexity index is 1590. The maximum absolute atomic E-state index is 12.9. The summed E-state index contributed by atoms with van der Waals surface area (Å²) in [4.78, 5) is 38.3. The van der Waals surface area contributed by atoms with Crippen molar-refractivity contribution in [3.8, 4) is 0 Å². The monoisotopic (exact) mass is 1100 g/mol. The fraction of sp³-hybridized carbons (Fsp3) is 0.712. The molecule has 0 aromatic heterocycles. The van der Waals surface area contributed by atoms with Crippen molar-refractivity contribution in [2.45, 2.75) is 322 Å². The van der Waals surface area contributed by atoms with Crippen LogP contribution in [0.3, 0.4) is 0 Å². The summed E-state index contributed by atoms with van der Waals surface area (Å²) in [7, 11) is 0. The van der Waals surface area contributed by atoms with Gasteiger partial charge in [-0.05, 0) is 122 Å². The molecular formula is C73H124O6. The van der Waals surface area contributed by atoms with Crippen LogP contribution in [0.1, 0.15) is 316 Å². The summed E-state index contributed by atoms with van der Waals surface area (Å²) in [5.74, 6) is -0.969. The van der Waals surface area contributed by atoms with E-state index in [0.717, 1.165) is 109 Å². The molecule has 0 rings (SSSR count). The molecule has 0 aromatic carbocycles. The maximum Gasteiger partial charge on any atom is 0.306 e. The van der Waals surface area contributed by atoms with Gasteiger partial charge in [-0.1, -0.05) is 284 Å². The quantitative estimate of drug-likeness (QED) is 0.0261. The van der Waals surface area contributed by atoms with Gasteiger partial charge in [-0.25, -0.2) is 0 Å². The van der Waals surface area contributed by atoms with Gasteiger partial charge in [0, 0.05) is 19.3 Å². The van der Waals surface area contributed by atoms with Gasteiger partial charge in [0.05, 0.1) is 0 Å².